The maximum atomic E-state index is 12.9. The largest absolute Gasteiger partial charge is 0.444 e. The molecule has 1 aromatic heterocycles. The minimum absolute atomic E-state index is 0.0476. The molecule has 1 fully saturated rings. The van der Waals surface area contributed by atoms with Crippen LogP contribution in [0.2, 0.25) is 0 Å². The number of hydrogen-bond acceptors (Lipinski definition) is 5. The van der Waals surface area contributed by atoms with Crippen LogP contribution >= 0.6 is 0 Å². The molecule has 1 saturated carbocycles. The summed E-state index contributed by atoms with van der Waals surface area (Å²) in [5.41, 5.74) is 1.01. The van der Waals surface area contributed by atoms with Gasteiger partial charge in [-0.3, -0.25) is 4.79 Å². The van der Waals surface area contributed by atoms with Gasteiger partial charge in [0.05, 0.1) is 11.2 Å². The fourth-order valence-corrected chi connectivity index (χ4v) is 3.80. The van der Waals surface area contributed by atoms with Crippen molar-refractivity contribution in [2.45, 2.75) is 52.1 Å². The zero-order chi connectivity index (χ0) is 21.7. The Kier molecular flexibility index (Phi) is 6.56. The quantitative estimate of drug-likeness (QED) is 0.781. The van der Waals surface area contributed by atoms with E-state index in [4.69, 9.17) is 10.00 Å². The van der Waals surface area contributed by atoms with Gasteiger partial charge in [0.25, 0.3) is 0 Å². The van der Waals surface area contributed by atoms with E-state index in [9.17, 15) is 9.59 Å². The Morgan fingerprint density at radius 2 is 2.03 bits per heavy atom. The maximum absolute atomic E-state index is 12.9. The first-order valence-electron chi connectivity index (χ1n) is 10.3. The molecule has 2 unspecified atom stereocenters. The topological polar surface area (TPSA) is 104 Å². The summed E-state index contributed by atoms with van der Waals surface area (Å²) in [6.45, 7) is 5.99. The summed E-state index contributed by atoms with van der Waals surface area (Å²) in [5, 5.41) is 15.8. The Bertz CT molecular complexity index is 975. The summed E-state index contributed by atoms with van der Waals surface area (Å²) in [6, 6.07) is 11.1. The third-order valence-electron chi connectivity index (χ3n) is 5.18. The summed E-state index contributed by atoms with van der Waals surface area (Å²) >= 11 is 0. The first-order chi connectivity index (χ1) is 14.2. The molecule has 1 aromatic carbocycles. The first-order valence-corrected chi connectivity index (χ1v) is 10.3. The number of ether oxygens (including phenoxy) is 1. The molecule has 0 bridgehead atoms. The molecule has 1 aliphatic carbocycles. The number of nitrogens with one attached hydrogen (secondary N) is 2. The highest BCUT2D eigenvalue weighted by molar-refractivity contribution is 6.01. The predicted octanol–water partition coefficient (Wildman–Crippen LogP) is 4.38. The van der Waals surface area contributed by atoms with Crippen LogP contribution in [0.15, 0.2) is 30.3 Å². The molecular weight excluding hydrogens is 380 g/mol. The van der Waals surface area contributed by atoms with E-state index < -0.39 is 11.7 Å². The SMILES string of the molecule is CC(C)(C)OC(=O)NCC1CCCC(C(=O)Nc2cccc3ccc(C#N)nc23)C1. The Labute approximate surface area is 176 Å². The van der Waals surface area contributed by atoms with E-state index in [0.29, 0.717) is 29.9 Å². The normalized spacial score (nSPS) is 19.0. The Hall–Kier alpha value is -3.14. The van der Waals surface area contributed by atoms with Crippen molar-refractivity contribution >= 4 is 28.6 Å². The molecule has 30 heavy (non-hydrogen) atoms. The average molecular weight is 409 g/mol. The van der Waals surface area contributed by atoms with Crippen molar-refractivity contribution in [2.24, 2.45) is 11.8 Å². The van der Waals surface area contributed by atoms with Gasteiger partial charge in [0.2, 0.25) is 5.91 Å². The van der Waals surface area contributed by atoms with Crippen molar-refractivity contribution in [1.29, 1.82) is 5.26 Å². The van der Waals surface area contributed by atoms with Crippen LogP contribution in [0.25, 0.3) is 10.9 Å². The number of amides is 2. The van der Waals surface area contributed by atoms with Crippen LogP contribution in [-0.4, -0.2) is 29.1 Å². The zero-order valence-corrected chi connectivity index (χ0v) is 17.7. The van der Waals surface area contributed by atoms with Crippen LogP contribution in [0.4, 0.5) is 10.5 Å². The number of rotatable bonds is 4. The van der Waals surface area contributed by atoms with Gasteiger partial charge in [-0.2, -0.15) is 5.26 Å². The van der Waals surface area contributed by atoms with Crippen molar-refractivity contribution < 1.29 is 14.3 Å². The number of aromatic nitrogens is 1. The summed E-state index contributed by atoms with van der Waals surface area (Å²) in [4.78, 5) is 29.2. The second-order valence-corrected chi connectivity index (χ2v) is 8.79. The highest BCUT2D eigenvalue weighted by atomic mass is 16.6. The van der Waals surface area contributed by atoms with Crippen LogP contribution in [0.3, 0.4) is 0 Å². The molecule has 2 aromatic rings. The molecule has 0 spiro atoms. The van der Waals surface area contributed by atoms with Crippen molar-refractivity contribution in [3.05, 3.63) is 36.0 Å². The molecular formula is C23H28N4O3. The van der Waals surface area contributed by atoms with E-state index in [2.05, 4.69) is 15.6 Å². The number of nitrogens with zero attached hydrogens (tertiary/aromatic N) is 2. The lowest BCUT2D eigenvalue weighted by atomic mass is 9.81. The molecule has 0 radical (unpaired) electrons. The lowest BCUT2D eigenvalue weighted by molar-refractivity contribution is -0.121. The molecule has 2 atom stereocenters. The fourth-order valence-electron chi connectivity index (χ4n) is 3.80. The van der Waals surface area contributed by atoms with Gasteiger partial charge >= 0.3 is 6.09 Å². The van der Waals surface area contributed by atoms with E-state index in [0.717, 1.165) is 24.6 Å². The van der Waals surface area contributed by atoms with E-state index in [1.54, 1.807) is 12.1 Å². The number of hydrogen-bond donors (Lipinski definition) is 2. The van der Waals surface area contributed by atoms with Crippen LogP contribution in [0, 0.1) is 23.2 Å². The monoisotopic (exact) mass is 408 g/mol. The minimum Gasteiger partial charge on any atom is -0.444 e. The number of alkyl carbamates (subject to hydrolysis) is 1. The second-order valence-electron chi connectivity index (χ2n) is 8.79. The summed E-state index contributed by atoms with van der Waals surface area (Å²) in [7, 11) is 0. The van der Waals surface area contributed by atoms with Gasteiger partial charge in [0.1, 0.15) is 17.4 Å². The molecule has 0 aliphatic heterocycles. The number of fused-ring (bicyclic) bond motifs is 1. The molecule has 0 saturated heterocycles. The van der Waals surface area contributed by atoms with Crippen molar-refractivity contribution in [1.82, 2.24) is 10.3 Å². The number of pyridine rings is 1. The third-order valence-corrected chi connectivity index (χ3v) is 5.18. The van der Waals surface area contributed by atoms with Crippen LogP contribution in [0.5, 0.6) is 0 Å². The number of para-hydroxylation sites is 1. The standard InChI is InChI=1S/C23H28N4O3/c1-23(2,3)30-22(29)25-14-15-6-4-8-17(12-15)21(28)27-19-9-5-7-16-10-11-18(13-24)26-20(16)19/h5,7,9-11,15,17H,4,6,8,12,14H2,1-3H3,(H,25,29)(H,27,28). The summed E-state index contributed by atoms with van der Waals surface area (Å²) < 4.78 is 5.28. The van der Waals surface area contributed by atoms with Crippen molar-refractivity contribution in [3.63, 3.8) is 0 Å². The molecule has 1 heterocycles. The molecule has 2 N–H and O–H groups in total. The van der Waals surface area contributed by atoms with Crippen molar-refractivity contribution in [2.75, 3.05) is 11.9 Å². The lowest BCUT2D eigenvalue weighted by Crippen LogP contribution is -2.37. The first kappa shape index (κ1) is 21.6. The van der Waals surface area contributed by atoms with Crippen LogP contribution in [-0.2, 0) is 9.53 Å². The maximum Gasteiger partial charge on any atom is 0.407 e. The highest BCUT2D eigenvalue weighted by Gasteiger charge is 2.28. The summed E-state index contributed by atoms with van der Waals surface area (Å²) in [6.07, 6.45) is 3.01. The molecule has 2 amide bonds. The van der Waals surface area contributed by atoms with Crippen molar-refractivity contribution in [3.8, 4) is 6.07 Å². The molecule has 3 rings (SSSR count). The molecule has 7 heteroatoms. The van der Waals surface area contributed by atoms with Gasteiger partial charge in [0.15, 0.2) is 0 Å². The molecule has 7 nitrogen and oxygen atoms in total. The highest BCUT2D eigenvalue weighted by Crippen LogP contribution is 2.30. The minimum atomic E-state index is -0.531. The van der Waals surface area contributed by atoms with E-state index in [1.807, 2.05) is 45.0 Å². The van der Waals surface area contributed by atoms with E-state index >= 15 is 0 Å². The predicted molar refractivity (Wildman–Crippen MR) is 115 cm³/mol. The average Bonchev–Trinajstić information content (AvgIpc) is 2.71. The van der Waals surface area contributed by atoms with Gasteiger partial charge in [-0.25, -0.2) is 9.78 Å². The number of carbonyl (C=O) groups is 2. The molecule has 158 valence electrons. The number of nitriles is 1. The Morgan fingerprint density at radius 1 is 1.23 bits per heavy atom. The lowest BCUT2D eigenvalue weighted by Gasteiger charge is -2.29. The smallest absolute Gasteiger partial charge is 0.407 e. The molecule has 1 aliphatic rings. The van der Waals surface area contributed by atoms with Gasteiger partial charge < -0.3 is 15.4 Å². The van der Waals surface area contributed by atoms with Gasteiger partial charge in [-0.1, -0.05) is 18.6 Å². The third kappa shape index (κ3) is 5.69. The number of anilines is 1. The van der Waals surface area contributed by atoms with E-state index in [1.165, 1.54) is 0 Å². The van der Waals surface area contributed by atoms with Gasteiger partial charge in [-0.05, 0) is 64.2 Å². The van der Waals surface area contributed by atoms with Gasteiger partial charge in [-0.15, -0.1) is 0 Å². The zero-order valence-electron chi connectivity index (χ0n) is 17.7. The van der Waals surface area contributed by atoms with Crippen LogP contribution < -0.4 is 10.6 Å². The fraction of sp³-hybridized carbons (Fsp3) is 0.478. The number of carbonyl (C=O) groups excluding carboxylic acids is 2. The van der Waals surface area contributed by atoms with Crippen LogP contribution in [0.1, 0.15) is 52.1 Å². The Balaban J connectivity index is 1.61. The van der Waals surface area contributed by atoms with E-state index in [-0.39, 0.29) is 17.7 Å². The number of benzene rings is 1. The summed E-state index contributed by atoms with van der Waals surface area (Å²) in [5.74, 6) is 0.0603. The van der Waals surface area contributed by atoms with Gasteiger partial charge in [0, 0.05) is 17.8 Å². The Morgan fingerprint density at radius 3 is 2.77 bits per heavy atom. The second kappa shape index (κ2) is 9.12.